The molecule has 30 heavy (non-hydrogen) atoms. The Morgan fingerprint density at radius 1 is 0.633 bits per heavy atom. The van der Waals surface area contributed by atoms with Crippen molar-refractivity contribution in [3.8, 4) is 0 Å². The van der Waals surface area contributed by atoms with E-state index in [1.807, 2.05) is 35.7 Å². The maximum Gasteiger partial charge on any atom is 0.0237 e. The zero-order valence-corrected chi connectivity index (χ0v) is 18.5. The van der Waals surface area contributed by atoms with Crippen LogP contribution in [0.3, 0.4) is 0 Å². The normalized spacial score (nSPS) is 10.8. The second-order valence-corrected chi connectivity index (χ2v) is 9.20. The Morgan fingerprint density at radius 3 is 2.10 bits per heavy atom. The van der Waals surface area contributed by atoms with Crippen LogP contribution < -0.4 is 0 Å². The van der Waals surface area contributed by atoms with Crippen molar-refractivity contribution in [1.82, 2.24) is 0 Å². The van der Waals surface area contributed by atoms with E-state index in [1.54, 1.807) is 0 Å². The van der Waals surface area contributed by atoms with Crippen molar-refractivity contribution in [2.45, 2.75) is 21.3 Å². The lowest BCUT2D eigenvalue weighted by Crippen LogP contribution is -1.86. The molecule has 4 rings (SSSR count). The fourth-order valence-corrected chi connectivity index (χ4v) is 5.23. The summed E-state index contributed by atoms with van der Waals surface area (Å²) in [5, 5.41) is 2.57. The summed E-state index contributed by atoms with van der Waals surface area (Å²) in [5.74, 6) is 1.90. The van der Waals surface area contributed by atoms with Crippen molar-refractivity contribution >= 4 is 46.4 Å². The van der Waals surface area contributed by atoms with E-state index in [1.165, 1.54) is 42.8 Å². The molecule has 0 radical (unpaired) electrons. The van der Waals surface area contributed by atoms with Gasteiger partial charge in [0.1, 0.15) is 0 Å². The van der Waals surface area contributed by atoms with E-state index in [2.05, 4.69) is 98.1 Å². The van der Waals surface area contributed by atoms with Crippen molar-refractivity contribution < 1.29 is 0 Å². The van der Waals surface area contributed by atoms with Crippen LogP contribution in [0.1, 0.15) is 22.3 Å². The summed E-state index contributed by atoms with van der Waals surface area (Å²) in [5.41, 5.74) is 5.03. The molecule has 0 saturated heterocycles. The Bertz CT molecular complexity index is 1190. The molecule has 4 aromatic rings. The van der Waals surface area contributed by atoms with Crippen LogP contribution in [0.25, 0.3) is 22.9 Å². The van der Waals surface area contributed by atoms with Gasteiger partial charge in [-0.15, -0.1) is 23.5 Å². The third-order valence-corrected chi connectivity index (χ3v) is 7.15. The smallest absolute Gasteiger partial charge is 0.0237 e. The minimum absolute atomic E-state index is 0.946. The molecular formula is C28H24S2. The van der Waals surface area contributed by atoms with Crippen LogP contribution in [0.5, 0.6) is 0 Å². The van der Waals surface area contributed by atoms with Gasteiger partial charge in [0.05, 0.1) is 0 Å². The number of fused-ring (bicyclic) bond motifs is 1. The van der Waals surface area contributed by atoms with E-state index in [4.69, 9.17) is 0 Å². The van der Waals surface area contributed by atoms with Gasteiger partial charge in [-0.3, -0.25) is 0 Å². The summed E-state index contributed by atoms with van der Waals surface area (Å²) >= 11 is 3.75. The van der Waals surface area contributed by atoms with Gasteiger partial charge in [-0.05, 0) is 57.3 Å². The summed E-state index contributed by atoms with van der Waals surface area (Å²) in [6, 6.07) is 30.5. The molecular weight excluding hydrogens is 400 g/mol. The third kappa shape index (κ3) is 5.08. The maximum atomic E-state index is 3.93. The van der Waals surface area contributed by atoms with Gasteiger partial charge in [0.15, 0.2) is 0 Å². The zero-order valence-electron chi connectivity index (χ0n) is 16.9. The molecule has 0 nitrogen and oxygen atoms in total. The second kappa shape index (κ2) is 9.88. The average molecular weight is 425 g/mol. The SMILES string of the molecule is C=Cc1cccc(CSc2ccc3ccc(SCc4ccccc4C=C)cc3c2)c1. The molecule has 2 heteroatoms. The Balaban J connectivity index is 1.48. The fourth-order valence-electron chi connectivity index (χ4n) is 3.38. The van der Waals surface area contributed by atoms with E-state index in [-0.39, 0.29) is 0 Å². The van der Waals surface area contributed by atoms with Crippen molar-refractivity contribution in [2.75, 3.05) is 0 Å². The Morgan fingerprint density at radius 2 is 1.37 bits per heavy atom. The quantitative estimate of drug-likeness (QED) is 0.259. The maximum absolute atomic E-state index is 3.93. The van der Waals surface area contributed by atoms with E-state index in [0.717, 1.165) is 11.5 Å². The summed E-state index contributed by atoms with van der Waals surface area (Å²) < 4.78 is 0. The summed E-state index contributed by atoms with van der Waals surface area (Å²) in [7, 11) is 0. The number of benzene rings is 4. The van der Waals surface area contributed by atoms with Gasteiger partial charge >= 0.3 is 0 Å². The molecule has 0 fully saturated rings. The summed E-state index contributed by atoms with van der Waals surface area (Å²) in [6.07, 6.45) is 3.83. The average Bonchev–Trinajstić information content (AvgIpc) is 2.81. The number of rotatable bonds is 8. The first kappa shape index (κ1) is 20.6. The minimum atomic E-state index is 0.946. The van der Waals surface area contributed by atoms with Crippen LogP contribution in [-0.2, 0) is 11.5 Å². The molecule has 0 amide bonds. The van der Waals surface area contributed by atoms with Crippen LogP contribution >= 0.6 is 23.5 Å². The Kier molecular flexibility index (Phi) is 6.78. The van der Waals surface area contributed by atoms with E-state index in [0.29, 0.717) is 0 Å². The first-order chi connectivity index (χ1) is 14.7. The lowest BCUT2D eigenvalue weighted by molar-refractivity contribution is 1.37. The van der Waals surface area contributed by atoms with Crippen LogP contribution in [0.15, 0.2) is 108 Å². The topological polar surface area (TPSA) is 0 Å². The van der Waals surface area contributed by atoms with Gasteiger partial charge in [-0.2, -0.15) is 0 Å². The number of thioether (sulfide) groups is 2. The molecule has 0 aliphatic heterocycles. The summed E-state index contributed by atoms with van der Waals surface area (Å²) in [4.78, 5) is 2.59. The highest BCUT2D eigenvalue weighted by molar-refractivity contribution is 7.98. The molecule has 0 aliphatic rings. The van der Waals surface area contributed by atoms with Gasteiger partial charge in [0.2, 0.25) is 0 Å². The summed E-state index contributed by atoms with van der Waals surface area (Å²) in [6.45, 7) is 7.79. The van der Waals surface area contributed by atoms with E-state index < -0.39 is 0 Å². The predicted octanol–water partition coefficient (Wildman–Crippen LogP) is 8.71. The lowest BCUT2D eigenvalue weighted by atomic mass is 10.1. The Hall–Kier alpha value is -2.68. The standard InChI is InChI=1S/C28H24S2/c1-3-21-8-7-9-22(16-21)19-29-27-14-12-24-13-15-28(18-26(24)17-27)30-20-25-11-6-5-10-23(25)4-2/h3-18H,1-2,19-20H2. The molecule has 0 spiro atoms. The van der Waals surface area contributed by atoms with Crippen molar-refractivity contribution in [2.24, 2.45) is 0 Å². The number of hydrogen-bond donors (Lipinski definition) is 0. The largest absolute Gasteiger partial charge is 0.121 e. The molecule has 0 unspecified atom stereocenters. The molecule has 0 aliphatic carbocycles. The molecule has 0 heterocycles. The van der Waals surface area contributed by atoms with Crippen molar-refractivity contribution in [3.05, 3.63) is 120 Å². The van der Waals surface area contributed by atoms with Crippen LogP contribution in [0.2, 0.25) is 0 Å². The van der Waals surface area contributed by atoms with Crippen LogP contribution in [-0.4, -0.2) is 0 Å². The van der Waals surface area contributed by atoms with Gasteiger partial charge in [0.25, 0.3) is 0 Å². The molecule has 4 aromatic carbocycles. The van der Waals surface area contributed by atoms with Crippen molar-refractivity contribution in [1.29, 1.82) is 0 Å². The molecule has 0 saturated carbocycles. The highest BCUT2D eigenvalue weighted by Crippen LogP contribution is 2.31. The second-order valence-electron chi connectivity index (χ2n) is 7.10. The van der Waals surface area contributed by atoms with E-state index in [9.17, 15) is 0 Å². The number of hydrogen-bond acceptors (Lipinski definition) is 2. The molecule has 148 valence electrons. The molecule has 0 atom stereocenters. The highest BCUT2D eigenvalue weighted by atomic mass is 32.2. The van der Waals surface area contributed by atoms with Crippen LogP contribution in [0.4, 0.5) is 0 Å². The van der Waals surface area contributed by atoms with Crippen LogP contribution in [0, 0.1) is 0 Å². The highest BCUT2D eigenvalue weighted by Gasteiger charge is 2.04. The Labute approximate surface area is 187 Å². The van der Waals surface area contributed by atoms with E-state index >= 15 is 0 Å². The van der Waals surface area contributed by atoms with Gasteiger partial charge in [0, 0.05) is 21.3 Å². The minimum Gasteiger partial charge on any atom is -0.121 e. The predicted molar refractivity (Wildman–Crippen MR) is 136 cm³/mol. The fraction of sp³-hybridized carbons (Fsp3) is 0.0714. The van der Waals surface area contributed by atoms with Gasteiger partial charge in [-0.25, -0.2) is 0 Å². The first-order valence-electron chi connectivity index (χ1n) is 9.96. The van der Waals surface area contributed by atoms with Crippen molar-refractivity contribution in [3.63, 3.8) is 0 Å². The molecule has 0 N–H and O–H groups in total. The molecule has 0 bridgehead atoms. The molecule has 0 aromatic heterocycles. The first-order valence-corrected chi connectivity index (χ1v) is 11.9. The lowest BCUT2D eigenvalue weighted by Gasteiger charge is -2.08. The van der Waals surface area contributed by atoms with Gasteiger partial charge in [-0.1, -0.05) is 86.0 Å². The van der Waals surface area contributed by atoms with Gasteiger partial charge < -0.3 is 0 Å². The zero-order chi connectivity index (χ0) is 20.8. The third-order valence-electron chi connectivity index (χ3n) is 5.04. The monoisotopic (exact) mass is 424 g/mol.